The van der Waals surface area contributed by atoms with Crippen LogP contribution in [0.1, 0.15) is 25.8 Å². The Hall–Kier alpha value is -1.35. The normalized spacial score (nSPS) is 20.4. The van der Waals surface area contributed by atoms with Crippen molar-refractivity contribution in [1.29, 1.82) is 0 Å². The van der Waals surface area contributed by atoms with Gasteiger partial charge in [0.25, 0.3) is 0 Å². The van der Waals surface area contributed by atoms with E-state index >= 15 is 0 Å². The van der Waals surface area contributed by atoms with Crippen LogP contribution < -0.4 is 10.2 Å². The lowest BCUT2D eigenvalue weighted by atomic mass is 9.91. The second kappa shape index (κ2) is 5.11. The summed E-state index contributed by atoms with van der Waals surface area (Å²) in [7, 11) is 0. The first kappa shape index (κ1) is 13.1. The summed E-state index contributed by atoms with van der Waals surface area (Å²) in [5.74, 6) is 0.209. The van der Waals surface area contributed by atoms with Crippen molar-refractivity contribution in [3.63, 3.8) is 0 Å². The maximum absolute atomic E-state index is 12.3. The zero-order valence-electron chi connectivity index (χ0n) is 11.5. The van der Waals surface area contributed by atoms with Gasteiger partial charge in [-0.25, -0.2) is 0 Å². The molecule has 0 aromatic heterocycles. The molecule has 0 aliphatic carbocycles. The van der Waals surface area contributed by atoms with Crippen LogP contribution in [0.25, 0.3) is 0 Å². The van der Waals surface area contributed by atoms with Crippen LogP contribution in [-0.2, 0) is 4.79 Å². The second-order valence-corrected chi connectivity index (χ2v) is 5.91. The highest BCUT2D eigenvalue weighted by molar-refractivity contribution is 5.93. The standard InChI is InChI=1S/C15H22N2O/c1-12-5-4-6-13(9-12)17-11-15(2,3)10-16-8-7-14(17)18/h4-6,9,16H,7-8,10-11H2,1-3H3. The predicted molar refractivity (Wildman–Crippen MR) is 74.8 cm³/mol. The van der Waals surface area contributed by atoms with Crippen molar-refractivity contribution in [2.45, 2.75) is 27.2 Å². The van der Waals surface area contributed by atoms with E-state index in [9.17, 15) is 4.79 Å². The zero-order chi connectivity index (χ0) is 13.2. The van der Waals surface area contributed by atoms with Gasteiger partial charge in [0.1, 0.15) is 0 Å². The summed E-state index contributed by atoms with van der Waals surface area (Å²) in [6, 6.07) is 8.19. The monoisotopic (exact) mass is 246 g/mol. The first-order valence-corrected chi connectivity index (χ1v) is 6.56. The number of amides is 1. The number of nitrogens with zero attached hydrogens (tertiary/aromatic N) is 1. The molecule has 1 amide bonds. The van der Waals surface area contributed by atoms with Crippen molar-refractivity contribution < 1.29 is 4.79 Å². The van der Waals surface area contributed by atoms with Gasteiger partial charge >= 0.3 is 0 Å². The van der Waals surface area contributed by atoms with Crippen LogP contribution in [0.4, 0.5) is 5.69 Å². The molecule has 0 unspecified atom stereocenters. The number of hydrogen-bond acceptors (Lipinski definition) is 2. The van der Waals surface area contributed by atoms with E-state index in [-0.39, 0.29) is 11.3 Å². The molecular formula is C15H22N2O. The molecular weight excluding hydrogens is 224 g/mol. The van der Waals surface area contributed by atoms with E-state index in [0.29, 0.717) is 6.42 Å². The molecule has 1 N–H and O–H groups in total. The number of nitrogens with one attached hydrogen (secondary N) is 1. The molecule has 1 aliphatic heterocycles. The third-order valence-electron chi connectivity index (χ3n) is 3.32. The van der Waals surface area contributed by atoms with Gasteiger partial charge in [-0.1, -0.05) is 26.0 Å². The van der Waals surface area contributed by atoms with Crippen LogP contribution in [0.5, 0.6) is 0 Å². The van der Waals surface area contributed by atoms with Crippen molar-refractivity contribution in [3.05, 3.63) is 29.8 Å². The van der Waals surface area contributed by atoms with E-state index in [4.69, 9.17) is 0 Å². The van der Waals surface area contributed by atoms with E-state index < -0.39 is 0 Å². The van der Waals surface area contributed by atoms with E-state index in [1.807, 2.05) is 17.0 Å². The average Bonchev–Trinajstić information content (AvgIpc) is 2.30. The smallest absolute Gasteiger partial charge is 0.228 e. The molecule has 0 saturated carbocycles. The lowest BCUT2D eigenvalue weighted by molar-refractivity contribution is -0.119. The molecule has 1 saturated heterocycles. The molecule has 1 aromatic rings. The van der Waals surface area contributed by atoms with E-state index in [2.05, 4.69) is 38.2 Å². The molecule has 1 fully saturated rings. The Morgan fingerprint density at radius 1 is 1.33 bits per heavy atom. The van der Waals surface area contributed by atoms with Gasteiger partial charge in [0.05, 0.1) is 0 Å². The Morgan fingerprint density at radius 3 is 2.83 bits per heavy atom. The fourth-order valence-electron chi connectivity index (χ4n) is 2.36. The van der Waals surface area contributed by atoms with Gasteiger partial charge < -0.3 is 10.2 Å². The summed E-state index contributed by atoms with van der Waals surface area (Å²) in [6.45, 7) is 8.93. The highest BCUT2D eigenvalue weighted by atomic mass is 16.2. The number of anilines is 1. The molecule has 0 atom stereocenters. The lowest BCUT2D eigenvalue weighted by Crippen LogP contribution is -2.47. The summed E-state index contributed by atoms with van der Waals surface area (Å²) in [5.41, 5.74) is 2.31. The molecule has 1 aliphatic rings. The number of rotatable bonds is 1. The third kappa shape index (κ3) is 3.10. The van der Waals surface area contributed by atoms with Crippen LogP contribution in [0.3, 0.4) is 0 Å². The molecule has 3 nitrogen and oxygen atoms in total. The van der Waals surface area contributed by atoms with E-state index in [0.717, 1.165) is 25.3 Å². The van der Waals surface area contributed by atoms with E-state index in [1.54, 1.807) is 0 Å². The number of carbonyl (C=O) groups is 1. The fourth-order valence-corrected chi connectivity index (χ4v) is 2.36. The quantitative estimate of drug-likeness (QED) is 0.825. The van der Waals surface area contributed by atoms with Crippen molar-refractivity contribution in [3.8, 4) is 0 Å². The second-order valence-electron chi connectivity index (χ2n) is 5.91. The molecule has 3 heteroatoms. The molecule has 18 heavy (non-hydrogen) atoms. The minimum Gasteiger partial charge on any atom is -0.316 e. The number of aryl methyl sites for hydroxylation is 1. The summed E-state index contributed by atoms with van der Waals surface area (Å²) in [6.07, 6.45) is 0.573. The highest BCUT2D eigenvalue weighted by Gasteiger charge is 2.27. The predicted octanol–water partition coefficient (Wildman–Crippen LogP) is 2.35. The van der Waals surface area contributed by atoms with Gasteiger partial charge in [0.2, 0.25) is 5.91 Å². The fraction of sp³-hybridized carbons (Fsp3) is 0.533. The molecule has 0 radical (unpaired) electrons. The Labute approximate surface area is 109 Å². The number of hydrogen-bond donors (Lipinski definition) is 1. The van der Waals surface area contributed by atoms with Crippen molar-refractivity contribution in [2.24, 2.45) is 5.41 Å². The lowest BCUT2D eigenvalue weighted by Gasteiger charge is -2.35. The van der Waals surface area contributed by atoms with Crippen LogP contribution in [0, 0.1) is 12.3 Å². The van der Waals surface area contributed by atoms with Gasteiger partial charge in [-0.15, -0.1) is 0 Å². The maximum atomic E-state index is 12.3. The first-order chi connectivity index (χ1) is 8.48. The van der Waals surface area contributed by atoms with Gasteiger partial charge in [-0.3, -0.25) is 4.79 Å². The molecule has 1 aromatic carbocycles. The Balaban J connectivity index is 2.29. The number of benzene rings is 1. The maximum Gasteiger partial charge on any atom is 0.228 e. The van der Waals surface area contributed by atoms with Gasteiger partial charge in [0, 0.05) is 31.7 Å². The zero-order valence-corrected chi connectivity index (χ0v) is 11.5. The van der Waals surface area contributed by atoms with Gasteiger partial charge in [-0.05, 0) is 30.0 Å². The Kier molecular flexibility index (Phi) is 3.71. The molecule has 1 heterocycles. The third-order valence-corrected chi connectivity index (χ3v) is 3.32. The Morgan fingerprint density at radius 2 is 2.11 bits per heavy atom. The van der Waals surface area contributed by atoms with Crippen LogP contribution >= 0.6 is 0 Å². The van der Waals surface area contributed by atoms with Crippen LogP contribution in [-0.4, -0.2) is 25.5 Å². The summed E-state index contributed by atoms with van der Waals surface area (Å²) in [5, 5.41) is 3.34. The molecule has 0 bridgehead atoms. The van der Waals surface area contributed by atoms with Crippen LogP contribution in [0.2, 0.25) is 0 Å². The average molecular weight is 246 g/mol. The summed E-state index contributed by atoms with van der Waals surface area (Å²) in [4.78, 5) is 14.2. The Bertz CT molecular complexity index is 440. The summed E-state index contributed by atoms with van der Waals surface area (Å²) < 4.78 is 0. The SMILES string of the molecule is Cc1cccc(N2CC(C)(C)CNCCC2=O)c1. The molecule has 2 rings (SSSR count). The van der Waals surface area contributed by atoms with Crippen molar-refractivity contribution in [2.75, 3.05) is 24.5 Å². The van der Waals surface area contributed by atoms with Crippen molar-refractivity contribution in [1.82, 2.24) is 5.32 Å². The van der Waals surface area contributed by atoms with Gasteiger partial charge in [0.15, 0.2) is 0 Å². The minimum absolute atomic E-state index is 0.0970. The number of carbonyl (C=O) groups excluding carboxylic acids is 1. The van der Waals surface area contributed by atoms with Crippen molar-refractivity contribution >= 4 is 11.6 Å². The topological polar surface area (TPSA) is 32.3 Å². The molecule has 0 spiro atoms. The minimum atomic E-state index is 0.0970. The van der Waals surface area contributed by atoms with E-state index in [1.165, 1.54) is 5.56 Å². The van der Waals surface area contributed by atoms with Gasteiger partial charge in [-0.2, -0.15) is 0 Å². The van der Waals surface area contributed by atoms with Crippen LogP contribution in [0.15, 0.2) is 24.3 Å². The highest BCUT2D eigenvalue weighted by Crippen LogP contribution is 2.24. The molecule has 98 valence electrons. The summed E-state index contributed by atoms with van der Waals surface area (Å²) >= 11 is 0. The largest absolute Gasteiger partial charge is 0.316 e. The first-order valence-electron chi connectivity index (χ1n) is 6.56.